The van der Waals surface area contributed by atoms with Crippen molar-refractivity contribution in [2.45, 2.75) is 32.4 Å². The minimum absolute atomic E-state index is 0.0865. The average Bonchev–Trinajstić information content (AvgIpc) is 3.07. The highest BCUT2D eigenvalue weighted by atomic mass is 19.1. The van der Waals surface area contributed by atoms with E-state index in [1.54, 1.807) is 12.1 Å². The lowest BCUT2D eigenvalue weighted by atomic mass is 10.1. The molecule has 2 aromatic rings. The second kappa shape index (κ2) is 8.06. The van der Waals surface area contributed by atoms with Gasteiger partial charge in [0.2, 0.25) is 5.91 Å². The molecule has 1 amide bonds. The van der Waals surface area contributed by atoms with Crippen LogP contribution in [0.1, 0.15) is 29.5 Å². The fraction of sp³-hybridized carbons (Fsp3) is 0.350. The van der Waals surface area contributed by atoms with Gasteiger partial charge in [0.25, 0.3) is 0 Å². The average molecular weight is 326 g/mol. The molecule has 1 saturated heterocycles. The third-order valence-corrected chi connectivity index (χ3v) is 4.44. The number of nitrogens with zero attached hydrogens (tertiary/aromatic N) is 1. The molecule has 3 nitrogen and oxygen atoms in total. The number of nitrogens with one attached hydrogen (secondary N) is 1. The van der Waals surface area contributed by atoms with Crippen molar-refractivity contribution in [2.24, 2.45) is 0 Å². The topological polar surface area (TPSA) is 32.3 Å². The van der Waals surface area contributed by atoms with Crippen LogP contribution in [0, 0.1) is 5.82 Å². The zero-order valence-corrected chi connectivity index (χ0v) is 13.8. The summed E-state index contributed by atoms with van der Waals surface area (Å²) < 4.78 is 13.2. The van der Waals surface area contributed by atoms with E-state index in [1.165, 1.54) is 30.5 Å². The Labute approximate surface area is 142 Å². The minimum atomic E-state index is -0.309. The lowest BCUT2D eigenvalue weighted by Gasteiger charge is -2.17. The highest BCUT2D eigenvalue weighted by Crippen LogP contribution is 2.16. The van der Waals surface area contributed by atoms with Crippen LogP contribution in [-0.2, 0) is 24.3 Å². The standard InChI is InChI=1S/C20H23FN2O/c21-19-9-5-6-16(12-19)13-20(24)22-14-17-7-1-2-8-18(17)15-23-10-3-4-11-23/h1-2,5-9,12H,3-4,10-11,13-15H2,(H,22,24). The highest BCUT2D eigenvalue weighted by molar-refractivity contribution is 5.78. The van der Waals surface area contributed by atoms with Crippen molar-refractivity contribution in [2.75, 3.05) is 13.1 Å². The van der Waals surface area contributed by atoms with Crippen LogP contribution in [0.5, 0.6) is 0 Å². The van der Waals surface area contributed by atoms with Gasteiger partial charge in [-0.25, -0.2) is 4.39 Å². The SMILES string of the molecule is O=C(Cc1cccc(F)c1)NCc1ccccc1CN1CCCC1. The molecule has 1 aliphatic heterocycles. The summed E-state index contributed by atoms with van der Waals surface area (Å²) in [5.41, 5.74) is 3.11. The summed E-state index contributed by atoms with van der Waals surface area (Å²) in [6, 6.07) is 14.4. The molecule has 0 saturated carbocycles. The second-order valence-corrected chi connectivity index (χ2v) is 6.34. The summed E-state index contributed by atoms with van der Waals surface area (Å²) >= 11 is 0. The Morgan fingerprint density at radius 3 is 2.54 bits per heavy atom. The number of hydrogen-bond donors (Lipinski definition) is 1. The first-order chi connectivity index (χ1) is 11.7. The quantitative estimate of drug-likeness (QED) is 0.883. The van der Waals surface area contributed by atoms with E-state index in [2.05, 4.69) is 22.3 Å². The normalized spacial score (nSPS) is 14.7. The van der Waals surface area contributed by atoms with Crippen molar-refractivity contribution in [1.82, 2.24) is 10.2 Å². The molecule has 0 radical (unpaired) electrons. The maximum Gasteiger partial charge on any atom is 0.224 e. The number of carbonyl (C=O) groups is 1. The Bertz CT molecular complexity index is 696. The molecule has 2 aromatic carbocycles. The summed E-state index contributed by atoms with van der Waals surface area (Å²) in [5, 5.41) is 2.95. The lowest BCUT2D eigenvalue weighted by Crippen LogP contribution is -2.26. The number of halogens is 1. The molecular formula is C20H23FN2O. The van der Waals surface area contributed by atoms with Gasteiger partial charge in [0, 0.05) is 13.1 Å². The number of amides is 1. The maximum absolute atomic E-state index is 13.2. The van der Waals surface area contributed by atoms with Crippen molar-refractivity contribution in [1.29, 1.82) is 0 Å². The van der Waals surface area contributed by atoms with Gasteiger partial charge in [-0.2, -0.15) is 0 Å². The zero-order chi connectivity index (χ0) is 16.8. The van der Waals surface area contributed by atoms with Crippen molar-refractivity contribution < 1.29 is 9.18 Å². The molecule has 1 fully saturated rings. The third-order valence-electron chi connectivity index (χ3n) is 4.44. The Kier molecular flexibility index (Phi) is 5.59. The minimum Gasteiger partial charge on any atom is -0.352 e. The summed E-state index contributed by atoms with van der Waals surface area (Å²) in [7, 11) is 0. The Morgan fingerprint density at radius 2 is 1.79 bits per heavy atom. The lowest BCUT2D eigenvalue weighted by molar-refractivity contribution is -0.120. The van der Waals surface area contributed by atoms with Crippen molar-refractivity contribution in [3.8, 4) is 0 Å². The summed E-state index contributed by atoms with van der Waals surface area (Å²) in [6.07, 6.45) is 2.74. The van der Waals surface area contributed by atoms with E-state index >= 15 is 0 Å². The monoisotopic (exact) mass is 326 g/mol. The molecule has 0 bridgehead atoms. The van der Waals surface area contributed by atoms with Gasteiger partial charge in [-0.15, -0.1) is 0 Å². The predicted octanol–water partition coefficient (Wildman–Crippen LogP) is 3.28. The molecule has 0 spiro atoms. The largest absolute Gasteiger partial charge is 0.352 e. The van der Waals surface area contributed by atoms with E-state index in [0.717, 1.165) is 25.2 Å². The van der Waals surface area contributed by atoms with Gasteiger partial charge in [0.15, 0.2) is 0 Å². The fourth-order valence-corrected chi connectivity index (χ4v) is 3.15. The molecule has 0 unspecified atom stereocenters. The van der Waals surface area contributed by atoms with Gasteiger partial charge in [0.05, 0.1) is 6.42 Å². The predicted molar refractivity (Wildman–Crippen MR) is 92.9 cm³/mol. The maximum atomic E-state index is 13.2. The van der Waals surface area contributed by atoms with Crippen molar-refractivity contribution in [3.05, 3.63) is 71.0 Å². The number of likely N-dealkylation sites (tertiary alicyclic amines) is 1. The van der Waals surface area contributed by atoms with Crippen LogP contribution in [0.25, 0.3) is 0 Å². The first-order valence-electron chi connectivity index (χ1n) is 8.51. The Morgan fingerprint density at radius 1 is 1.04 bits per heavy atom. The second-order valence-electron chi connectivity index (χ2n) is 6.34. The first-order valence-corrected chi connectivity index (χ1v) is 8.51. The molecule has 0 aliphatic carbocycles. The van der Waals surface area contributed by atoms with Gasteiger partial charge in [-0.05, 0) is 54.8 Å². The van der Waals surface area contributed by atoms with Crippen LogP contribution in [-0.4, -0.2) is 23.9 Å². The number of hydrogen-bond acceptors (Lipinski definition) is 2. The van der Waals surface area contributed by atoms with Gasteiger partial charge in [0.1, 0.15) is 5.82 Å². The van der Waals surface area contributed by atoms with Gasteiger partial charge >= 0.3 is 0 Å². The fourth-order valence-electron chi connectivity index (χ4n) is 3.15. The molecule has 1 heterocycles. The molecule has 0 aromatic heterocycles. The number of rotatable bonds is 6. The summed E-state index contributed by atoms with van der Waals surface area (Å²) in [4.78, 5) is 14.6. The van der Waals surface area contributed by atoms with Crippen LogP contribution in [0.4, 0.5) is 4.39 Å². The number of carbonyl (C=O) groups excluding carboxylic acids is 1. The van der Waals surface area contributed by atoms with Gasteiger partial charge < -0.3 is 5.32 Å². The van der Waals surface area contributed by atoms with E-state index in [0.29, 0.717) is 12.1 Å². The van der Waals surface area contributed by atoms with Crippen LogP contribution in [0.15, 0.2) is 48.5 Å². The van der Waals surface area contributed by atoms with Crippen LogP contribution >= 0.6 is 0 Å². The Balaban J connectivity index is 1.56. The van der Waals surface area contributed by atoms with Crippen molar-refractivity contribution >= 4 is 5.91 Å². The van der Waals surface area contributed by atoms with Crippen LogP contribution < -0.4 is 5.32 Å². The van der Waals surface area contributed by atoms with Crippen molar-refractivity contribution in [3.63, 3.8) is 0 Å². The third kappa shape index (κ3) is 4.65. The highest BCUT2D eigenvalue weighted by Gasteiger charge is 2.14. The molecule has 0 atom stereocenters. The van der Waals surface area contributed by atoms with E-state index < -0.39 is 0 Å². The van der Waals surface area contributed by atoms with E-state index in [1.807, 2.05) is 12.1 Å². The number of benzene rings is 2. The van der Waals surface area contributed by atoms with Gasteiger partial charge in [-0.1, -0.05) is 36.4 Å². The zero-order valence-electron chi connectivity index (χ0n) is 13.8. The molecule has 24 heavy (non-hydrogen) atoms. The Hall–Kier alpha value is -2.20. The molecule has 3 rings (SSSR count). The molecule has 1 aliphatic rings. The molecule has 4 heteroatoms. The van der Waals surface area contributed by atoms with Crippen LogP contribution in [0.3, 0.4) is 0 Å². The molecular weight excluding hydrogens is 303 g/mol. The summed E-state index contributed by atoms with van der Waals surface area (Å²) in [5.74, 6) is -0.396. The van der Waals surface area contributed by atoms with Crippen LogP contribution in [0.2, 0.25) is 0 Å². The first kappa shape index (κ1) is 16.7. The summed E-state index contributed by atoms with van der Waals surface area (Å²) in [6.45, 7) is 3.76. The van der Waals surface area contributed by atoms with Gasteiger partial charge in [-0.3, -0.25) is 9.69 Å². The smallest absolute Gasteiger partial charge is 0.224 e. The molecule has 1 N–H and O–H groups in total. The van der Waals surface area contributed by atoms with E-state index in [9.17, 15) is 9.18 Å². The van der Waals surface area contributed by atoms with E-state index in [-0.39, 0.29) is 18.1 Å². The molecule has 126 valence electrons. The van der Waals surface area contributed by atoms with E-state index in [4.69, 9.17) is 0 Å².